The van der Waals surface area contributed by atoms with Crippen LogP contribution in [0, 0.1) is 11.5 Å². The average molecular weight is 139 g/mol. The lowest BCUT2D eigenvalue weighted by atomic mass is 10.4. The van der Waals surface area contributed by atoms with Crippen molar-refractivity contribution in [2.45, 2.75) is 6.92 Å². The van der Waals surface area contributed by atoms with Crippen LogP contribution in [0.3, 0.4) is 0 Å². The Hall–Kier alpha value is -1.34. The maximum Gasteiger partial charge on any atom is 0.292 e. The lowest BCUT2D eigenvalue weighted by molar-refractivity contribution is 0.404. The molecule has 0 aromatic rings. The van der Waals surface area contributed by atoms with Gasteiger partial charge in [0, 0.05) is 0 Å². The molecule has 0 saturated heterocycles. The molecule has 0 aliphatic carbocycles. The van der Waals surface area contributed by atoms with Gasteiger partial charge in [0.05, 0.1) is 12.4 Å². The lowest BCUT2D eigenvalue weighted by Gasteiger charge is -1.97. The van der Waals surface area contributed by atoms with Gasteiger partial charge >= 0.3 is 0 Å². The van der Waals surface area contributed by atoms with E-state index in [4.69, 9.17) is 11.0 Å². The van der Waals surface area contributed by atoms with Crippen molar-refractivity contribution in [2.24, 2.45) is 10.7 Å². The second-order valence-electron chi connectivity index (χ2n) is 1.54. The Bertz CT molecular complexity index is 190. The molecule has 4 nitrogen and oxygen atoms in total. The van der Waals surface area contributed by atoms with Gasteiger partial charge in [-0.3, -0.25) is 4.99 Å². The lowest BCUT2D eigenvalue weighted by Crippen LogP contribution is -2.03. The van der Waals surface area contributed by atoms with Gasteiger partial charge in [0.2, 0.25) is 0 Å². The number of nitrogens with zero attached hydrogens (tertiary/aromatic N) is 2. The molecule has 2 N–H and O–H groups in total. The molecule has 0 amide bonds. The van der Waals surface area contributed by atoms with Crippen molar-refractivity contribution < 1.29 is 4.74 Å². The molecule has 0 rings (SSSR count). The molecule has 10 heavy (non-hydrogen) atoms. The van der Waals surface area contributed by atoms with Crippen LogP contribution in [0.5, 0.6) is 0 Å². The minimum atomic E-state index is 0.180. The first kappa shape index (κ1) is 8.66. The molecular weight excluding hydrogens is 130 g/mol. The molecular formula is C6H9N3O. The summed E-state index contributed by atoms with van der Waals surface area (Å²) in [5, 5.41) is 8.03. The van der Waals surface area contributed by atoms with Crippen LogP contribution in [0.4, 0.5) is 0 Å². The molecule has 54 valence electrons. The fourth-order valence-electron chi connectivity index (χ4n) is 0.354. The molecule has 0 heterocycles. The van der Waals surface area contributed by atoms with Crippen molar-refractivity contribution in [1.29, 1.82) is 5.26 Å². The van der Waals surface area contributed by atoms with E-state index in [-0.39, 0.29) is 12.4 Å². The van der Waals surface area contributed by atoms with Crippen molar-refractivity contribution in [3.05, 3.63) is 12.3 Å². The largest absolute Gasteiger partial charge is 0.387 e. The maximum absolute atomic E-state index is 8.03. The van der Waals surface area contributed by atoms with Crippen LogP contribution in [-0.2, 0) is 4.74 Å². The molecule has 0 spiro atoms. The Kier molecular flexibility index (Phi) is 3.92. The van der Waals surface area contributed by atoms with Crippen LogP contribution in [0.25, 0.3) is 0 Å². The maximum atomic E-state index is 8.03. The topological polar surface area (TPSA) is 71.4 Å². The van der Waals surface area contributed by atoms with Gasteiger partial charge in [-0.15, -0.1) is 5.26 Å². The summed E-state index contributed by atoms with van der Waals surface area (Å²) >= 11 is 0. The number of nitrogens with two attached hydrogens (primary N) is 1. The van der Waals surface area contributed by atoms with Crippen LogP contribution in [0.2, 0.25) is 0 Å². The number of ether oxygens (including phenoxy) is 1. The molecule has 0 aliphatic rings. The van der Waals surface area contributed by atoms with Crippen molar-refractivity contribution >= 4 is 5.71 Å². The molecule has 0 fully saturated rings. The summed E-state index contributed by atoms with van der Waals surface area (Å²) in [4.78, 5) is 3.76. The summed E-state index contributed by atoms with van der Waals surface area (Å²) in [5.74, 6) is 0.243. The van der Waals surface area contributed by atoms with Gasteiger partial charge in [-0.2, -0.15) is 0 Å². The van der Waals surface area contributed by atoms with Crippen LogP contribution in [0.15, 0.2) is 17.3 Å². The summed E-state index contributed by atoms with van der Waals surface area (Å²) in [7, 11) is 0. The minimum absolute atomic E-state index is 0.180. The minimum Gasteiger partial charge on any atom is -0.387 e. The zero-order valence-electron chi connectivity index (χ0n) is 5.79. The fraction of sp³-hybridized carbons (Fsp3) is 0.333. The van der Waals surface area contributed by atoms with Crippen LogP contribution < -0.4 is 5.73 Å². The van der Waals surface area contributed by atoms with Crippen molar-refractivity contribution in [2.75, 3.05) is 6.67 Å². The van der Waals surface area contributed by atoms with Gasteiger partial charge in [0.25, 0.3) is 6.26 Å². The zero-order chi connectivity index (χ0) is 7.98. The highest BCUT2D eigenvalue weighted by Gasteiger charge is 1.96. The number of rotatable bonds is 3. The predicted octanol–water partition coefficient (Wildman–Crippen LogP) is 0.375. The molecule has 0 atom stereocenters. The second kappa shape index (κ2) is 4.53. The Balaban J connectivity index is 3.97. The Morgan fingerprint density at radius 1 is 1.90 bits per heavy atom. The van der Waals surface area contributed by atoms with E-state index < -0.39 is 0 Å². The average Bonchev–Trinajstić information content (AvgIpc) is 1.89. The number of hydrogen-bond donors (Lipinski definition) is 1. The molecule has 0 aliphatic heterocycles. The van der Waals surface area contributed by atoms with Crippen molar-refractivity contribution in [1.82, 2.24) is 0 Å². The smallest absolute Gasteiger partial charge is 0.292 e. The Morgan fingerprint density at radius 2 is 2.50 bits per heavy atom. The predicted molar refractivity (Wildman–Crippen MR) is 38.0 cm³/mol. The number of aliphatic imine (C=N–C) groups is 1. The van der Waals surface area contributed by atoms with Gasteiger partial charge in [-0.1, -0.05) is 6.58 Å². The van der Waals surface area contributed by atoms with Crippen LogP contribution in [0.1, 0.15) is 6.92 Å². The molecule has 4 heteroatoms. The first-order valence-corrected chi connectivity index (χ1v) is 2.68. The van der Waals surface area contributed by atoms with Gasteiger partial charge in [-0.25, -0.2) is 0 Å². The first-order valence-electron chi connectivity index (χ1n) is 2.68. The van der Waals surface area contributed by atoms with E-state index in [2.05, 4.69) is 16.3 Å². The summed E-state index contributed by atoms with van der Waals surface area (Å²) in [6, 6.07) is 0. The van der Waals surface area contributed by atoms with Crippen molar-refractivity contribution in [3.8, 4) is 6.26 Å². The van der Waals surface area contributed by atoms with E-state index in [1.807, 2.05) is 0 Å². The molecule has 0 radical (unpaired) electrons. The van der Waals surface area contributed by atoms with Gasteiger partial charge in [0.15, 0.2) is 5.76 Å². The monoisotopic (exact) mass is 139 g/mol. The molecule has 0 unspecified atom stereocenters. The summed E-state index contributed by atoms with van der Waals surface area (Å²) < 4.78 is 4.38. The molecule has 0 bridgehead atoms. The molecule has 0 aromatic carbocycles. The third-order valence-corrected chi connectivity index (χ3v) is 0.901. The highest BCUT2D eigenvalue weighted by Crippen LogP contribution is 1.94. The van der Waals surface area contributed by atoms with Crippen LogP contribution >= 0.6 is 0 Å². The van der Waals surface area contributed by atoms with Gasteiger partial charge in [0.1, 0.15) is 0 Å². The van der Waals surface area contributed by atoms with E-state index in [0.29, 0.717) is 5.71 Å². The summed E-state index contributed by atoms with van der Waals surface area (Å²) in [6.45, 7) is 5.29. The van der Waals surface area contributed by atoms with Crippen LogP contribution in [-0.4, -0.2) is 12.4 Å². The third-order valence-electron chi connectivity index (χ3n) is 0.901. The van der Waals surface area contributed by atoms with Gasteiger partial charge in [-0.05, 0) is 6.92 Å². The Labute approximate surface area is 59.6 Å². The molecule has 0 aromatic heterocycles. The normalized spacial score (nSPS) is 10.3. The number of allylic oxidation sites excluding steroid dienone is 1. The van der Waals surface area contributed by atoms with E-state index in [1.54, 1.807) is 6.92 Å². The van der Waals surface area contributed by atoms with Gasteiger partial charge < -0.3 is 10.5 Å². The van der Waals surface area contributed by atoms with E-state index in [9.17, 15) is 0 Å². The first-order chi connectivity index (χ1) is 4.72. The Morgan fingerprint density at radius 3 is 2.90 bits per heavy atom. The highest BCUT2D eigenvalue weighted by atomic mass is 16.5. The standard InChI is InChI=1S/C6H9N3O/c1-5(9-3-7)6(2)10-4-8/h2-3,7H2,1H3/b9-5+. The summed E-state index contributed by atoms with van der Waals surface area (Å²) in [5.41, 5.74) is 5.64. The summed E-state index contributed by atoms with van der Waals surface area (Å²) in [6.07, 6.45) is 1.49. The second-order valence-corrected chi connectivity index (χ2v) is 1.54. The number of nitriles is 1. The van der Waals surface area contributed by atoms with E-state index in [0.717, 1.165) is 0 Å². The molecule has 0 saturated carbocycles. The quantitative estimate of drug-likeness (QED) is 0.349. The fourth-order valence-corrected chi connectivity index (χ4v) is 0.354. The zero-order valence-corrected chi connectivity index (χ0v) is 5.79. The van der Waals surface area contributed by atoms with Crippen molar-refractivity contribution in [3.63, 3.8) is 0 Å². The third kappa shape index (κ3) is 2.84. The van der Waals surface area contributed by atoms with E-state index >= 15 is 0 Å². The SMILES string of the molecule is C=C(OC#N)/C(C)=N/CN. The highest BCUT2D eigenvalue weighted by molar-refractivity contribution is 5.95. The number of hydrogen-bond acceptors (Lipinski definition) is 4. The van der Waals surface area contributed by atoms with E-state index in [1.165, 1.54) is 6.26 Å².